The fraction of sp³-hybridized carbons (Fsp3) is 0.368. The quantitative estimate of drug-likeness (QED) is 0.567. The lowest BCUT2D eigenvalue weighted by Gasteiger charge is -2.19. The Hall–Kier alpha value is -1.36. The Labute approximate surface area is 162 Å². The minimum atomic E-state index is 0.565. The van der Waals surface area contributed by atoms with Gasteiger partial charge in [-0.05, 0) is 49.8 Å². The van der Waals surface area contributed by atoms with Gasteiger partial charge in [0.05, 0.1) is 17.3 Å². The van der Waals surface area contributed by atoms with Crippen molar-refractivity contribution in [2.24, 2.45) is 16.0 Å². The molecular formula is C19H21Cl2N3S. The lowest BCUT2D eigenvalue weighted by Crippen LogP contribution is -2.19. The molecule has 1 atom stereocenters. The number of thiazole rings is 1. The summed E-state index contributed by atoms with van der Waals surface area (Å²) in [6, 6.07) is 5.54. The monoisotopic (exact) mass is 393 g/mol. The maximum atomic E-state index is 6.43. The van der Waals surface area contributed by atoms with Crippen LogP contribution in [0.2, 0.25) is 10.0 Å². The highest BCUT2D eigenvalue weighted by Gasteiger charge is 2.16. The fourth-order valence-corrected chi connectivity index (χ4v) is 4.36. The van der Waals surface area contributed by atoms with Crippen LogP contribution in [0.1, 0.15) is 32.6 Å². The average molecular weight is 394 g/mol. The first-order valence-electron chi connectivity index (χ1n) is 8.42. The summed E-state index contributed by atoms with van der Waals surface area (Å²) in [5.41, 5.74) is 3.08. The molecular weight excluding hydrogens is 373 g/mol. The van der Waals surface area contributed by atoms with Crippen molar-refractivity contribution in [2.75, 3.05) is 6.54 Å². The van der Waals surface area contributed by atoms with Crippen LogP contribution in [0.3, 0.4) is 0 Å². The molecule has 0 aliphatic heterocycles. The van der Waals surface area contributed by atoms with Crippen molar-refractivity contribution in [3.8, 4) is 11.3 Å². The van der Waals surface area contributed by atoms with Gasteiger partial charge in [0.15, 0.2) is 0 Å². The van der Waals surface area contributed by atoms with E-state index in [1.54, 1.807) is 23.5 Å². The molecule has 0 radical (unpaired) electrons. The van der Waals surface area contributed by atoms with Crippen molar-refractivity contribution in [3.63, 3.8) is 0 Å². The molecule has 3 nitrogen and oxygen atoms in total. The third-order valence-corrected chi connectivity index (χ3v) is 5.64. The van der Waals surface area contributed by atoms with Gasteiger partial charge < -0.3 is 0 Å². The summed E-state index contributed by atoms with van der Waals surface area (Å²) < 4.78 is 1.93. The zero-order chi connectivity index (χ0) is 17.8. The van der Waals surface area contributed by atoms with E-state index < -0.39 is 0 Å². The minimum Gasteiger partial charge on any atom is -0.253 e. The molecule has 1 aliphatic carbocycles. The van der Waals surface area contributed by atoms with Gasteiger partial charge >= 0.3 is 0 Å². The molecule has 1 fully saturated rings. The first kappa shape index (κ1) is 18.4. The Kier molecular flexibility index (Phi) is 6.15. The zero-order valence-electron chi connectivity index (χ0n) is 14.2. The first-order chi connectivity index (χ1) is 12.1. The third-order valence-electron chi connectivity index (χ3n) is 4.24. The van der Waals surface area contributed by atoms with Gasteiger partial charge in [-0.1, -0.05) is 36.2 Å². The number of hydrogen-bond acceptors (Lipinski definition) is 3. The normalized spacial score (nSPS) is 20.2. The average Bonchev–Trinajstić information content (AvgIpc) is 2.95. The van der Waals surface area contributed by atoms with Gasteiger partial charge in [0, 0.05) is 21.7 Å². The summed E-state index contributed by atoms with van der Waals surface area (Å²) in [7, 11) is 0. The predicted octanol–water partition coefficient (Wildman–Crippen LogP) is 6.02. The molecule has 6 heteroatoms. The maximum Gasteiger partial charge on any atom is 0.206 e. The van der Waals surface area contributed by atoms with E-state index >= 15 is 0 Å². The van der Waals surface area contributed by atoms with E-state index in [4.69, 9.17) is 28.3 Å². The number of halogens is 2. The van der Waals surface area contributed by atoms with Gasteiger partial charge in [0.2, 0.25) is 4.80 Å². The summed E-state index contributed by atoms with van der Waals surface area (Å²) in [5, 5.41) is 8.24. The SMILES string of the molecule is C=CCN=c1scc(-c2ccc(Cl)cc2Cl)n1/N=C1\CCC[C@H](C)C1. The molecule has 0 N–H and O–H groups in total. The Bertz CT molecular complexity index is 864. The van der Waals surface area contributed by atoms with Crippen molar-refractivity contribution in [1.29, 1.82) is 0 Å². The van der Waals surface area contributed by atoms with Crippen molar-refractivity contribution in [1.82, 2.24) is 4.68 Å². The lowest BCUT2D eigenvalue weighted by molar-refractivity contribution is 0.497. The van der Waals surface area contributed by atoms with Crippen LogP contribution in [0.15, 0.2) is 46.3 Å². The number of benzene rings is 1. The van der Waals surface area contributed by atoms with Crippen molar-refractivity contribution in [3.05, 3.63) is 51.1 Å². The molecule has 1 saturated carbocycles. The van der Waals surface area contributed by atoms with Crippen LogP contribution >= 0.6 is 34.5 Å². The summed E-state index contributed by atoms with van der Waals surface area (Å²) >= 11 is 14.0. The minimum absolute atomic E-state index is 0.565. The number of nitrogens with zero attached hydrogens (tertiary/aromatic N) is 3. The second kappa shape index (κ2) is 8.35. The maximum absolute atomic E-state index is 6.43. The molecule has 1 aliphatic rings. The molecule has 3 rings (SSSR count). The van der Waals surface area contributed by atoms with Crippen molar-refractivity contribution < 1.29 is 0 Å². The molecule has 0 bridgehead atoms. The molecule has 2 aromatic rings. The van der Waals surface area contributed by atoms with E-state index in [2.05, 4.69) is 18.5 Å². The Morgan fingerprint density at radius 1 is 1.40 bits per heavy atom. The summed E-state index contributed by atoms with van der Waals surface area (Å²) in [6.45, 7) is 6.60. The van der Waals surface area contributed by atoms with Crippen LogP contribution in [0.5, 0.6) is 0 Å². The standard InChI is InChI=1S/C19H21Cl2N3S/c1-3-9-22-19-24(23-15-6-4-5-13(2)10-15)18(12-25-19)16-8-7-14(20)11-17(16)21/h3,7-8,11-13H,1,4-6,9-10H2,2H3/b22-19?,23-15+/t13-/m0/s1. The number of rotatable bonds is 4. The van der Waals surface area contributed by atoms with E-state index in [1.807, 2.05) is 22.2 Å². The summed E-state index contributed by atoms with van der Waals surface area (Å²) in [5.74, 6) is 0.683. The Morgan fingerprint density at radius 3 is 2.96 bits per heavy atom. The van der Waals surface area contributed by atoms with Crippen LogP contribution in [-0.4, -0.2) is 16.9 Å². The van der Waals surface area contributed by atoms with Gasteiger partial charge in [0.25, 0.3) is 0 Å². The second-order valence-corrected chi connectivity index (χ2v) is 8.02. The van der Waals surface area contributed by atoms with E-state index in [1.165, 1.54) is 18.6 Å². The first-order valence-corrected chi connectivity index (χ1v) is 10.1. The molecule has 1 aromatic heterocycles. The van der Waals surface area contributed by atoms with E-state index in [0.717, 1.165) is 28.9 Å². The Morgan fingerprint density at radius 2 is 2.24 bits per heavy atom. The second-order valence-electron chi connectivity index (χ2n) is 6.34. The fourth-order valence-electron chi connectivity index (χ4n) is 3.02. The Balaban J connectivity index is 2.11. The molecule has 25 heavy (non-hydrogen) atoms. The van der Waals surface area contributed by atoms with Crippen molar-refractivity contribution in [2.45, 2.75) is 32.6 Å². The molecule has 0 saturated heterocycles. The lowest BCUT2D eigenvalue weighted by atomic mass is 9.89. The summed E-state index contributed by atoms with van der Waals surface area (Å²) in [6.07, 6.45) is 6.34. The molecule has 1 aromatic carbocycles. The van der Waals surface area contributed by atoms with Crippen LogP contribution in [-0.2, 0) is 0 Å². The van der Waals surface area contributed by atoms with Crippen LogP contribution in [0, 0.1) is 5.92 Å². The number of aromatic nitrogens is 1. The van der Waals surface area contributed by atoms with Crippen molar-refractivity contribution >= 4 is 40.3 Å². The van der Waals surface area contributed by atoms with Gasteiger partial charge in [-0.2, -0.15) is 5.10 Å². The van der Waals surface area contributed by atoms with Gasteiger partial charge in [-0.3, -0.25) is 4.99 Å². The van der Waals surface area contributed by atoms with Crippen LogP contribution in [0.25, 0.3) is 11.3 Å². The highest BCUT2D eigenvalue weighted by atomic mass is 35.5. The van der Waals surface area contributed by atoms with Crippen LogP contribution < -0.4 is 4.80 Å². The van der Waals surface area contributed by atoms with Gasteiger partial charge in [-0.15, -0.1) is 17.9 Å². The molecule has 0 unspecified atom stereocenters. The van der Waals surface area contributed by atoms with Gasteiger partial charge in [-0.25, -0.2) is 4.68 Å². The largest absolute Gasteiger partial charge is 0.253 e. The summed E-state index contributed by atoms with van der Waals surface area (Å²) in [4.78, 5) is 5.44. The highest BCUT2D eigenvalue weighted by Crippen LogP contribution is 2.31. The third kappa shape index (κ3) is 4.43. The zero-order valence-corrected chi connectivity index (χ0v) is 16.5. The predicted molar refractivity (Wildman–Crippen MR) is 109 cm³/mol. The highest BCUT2D eigenvalue weighted by molar-refractivity contribution is 7.07. The van der Waals surface area contributed by atoms with Gasteiger partial charge in [0.1, 0.15) is 0 Å². The number of hydrogen-bond donors (Lipinski definition) is 0. The molecule has 1 heterocycles. The molecule has 0 amide bonds. The van der Waals surface area contributed by atoms with Crippen LogP contribution in [0.4, 0.5) is 0 Å². The van der Waals surface area contributed by atoms with E-state index in [9.17, 15) is 0 Å². The van der Waals surface area contributed by atoms with E-state index in [0.29, 0.717) is 22.5 Å². The topological polar surface area (TPSA) is 29.6 Å². The smallest absolute Gasteiger partial charge is 0.206 e. The van der Waals surface area contributed by atoms with E-state index in [-0.39, 0.29) is 0 Å². The molecule has 132 valence electrons. The molecule has 0 spiro atoms.